The van der Waals surface area contributed by atoms with Crippen LogP contribution in [0.25, 0.3) is 0 Å². The van der Waals surface area contributed by atoms with Crippen molar-refractivity contribution >= 4 is 5.96 Å². The SMILES string of the molecule is CN=C(NCC1(c2cccc(C(F)(F)F)c2)CCC1)NC1CCc2ncnn2C1. The van der Waals surface area contributed by atoms with Crippen LogP contribution >= 0.6 is 0 Å². The number of aromatic nitrogens is 3. The summed E-state index contributed by atoms with van der Waals surface area (Å²) in [6, 6.07) is 5.92. The zero-order valence-electron chi connectivity index (χ0n) is 16.3. The Morgan fingerprint density at radius 2 is 2.17 bits per heavy atom. The van der Waals surface area contributed by atoms with Crippen molar-refractivity contribution in [2.75, 3.05) is 13.6 Å². The summed E-state index contributed by atoms with van der Waals surface area (Å²) in [5, 5.41) is 11.0. The number of nitrogens with one attached hydrogen (secondary N) is 2. The Bertz CT molecular complexity index is 884. The Balaban J connectivity index is 1.41. The van der Waals surface area contributed by atoms with E-state index in [0.29, 0.717) is 12.5 Å². The van der Waals surface area contributed by atoms with Gasteiger partial charge in [-0.25, -0.2) is 9.67 Å². The Morgan fingerprint density at radius 1 is 1.34 bits per heavy atom. The first-order valence-corrected chi connectivity index (χ1v) is 9.91. The number of halogens is 3. The number of hydrogen-bond acceptors (Lipinski definition) is 3. The number of aryl methyl sites for hydroxylation is 1. The van der Waals surface area contributed by atoms with Crippen LogP contribution in [0, 0.1) is 0 Å². The molecule has 0 amide bonds. The summed E-state index contributed by atoms with van der Waals surface area (Å²) in [6.45, 7) is 1.27. The highest BCUT2D eigenvalue weighted by molar-refractivity contribution is 5.80. The molecule has 1 saturated carbocycles. The summed E-state index contributed by atoms with van der Waals surface area (Å²) in [5.74, 6) is 1.65. The molecular formula is C20H25F3N6. The molecule has 1 aromatic heterocycles. The van der Waals surface area contributed by atoms with Crippen molar-refractivity contribution < 1.29 is 13.2 Å². The normalized spacial score (nSPS) is 21.2. The van der Waals surface area contributed by atoms with E-state index in [4.69, 9.17) is 0 Å². The number of rotatable bonds is 4. The van der Waals surface area contributed by atoms with Crippen molar-refractivity contribution in [2.24, 2.45) is 4.99 Å². The lowest BCUT2D eigenvalue weighted by atomic mass is 9.64. The van der Waals surface area contributed by atoms with E-state index < -0.39 is 11.7 Å². The van der Waals surface area contributed by atoms with Crippen LogP contribution in [0.1, 0.15) is 42.6 Å². The van der Waals surface area contributed by atoms with Crippen LogP contribution in [0.5, 0.6) is 0 Å². The van der Waals surface area contributed by atoms with Gasteiger partial charge in [-0.3, -0.25) is 4.99 Å². The first kappa shape index (κ1) is 19.7. The molecule has 1 aromatic carbocycles. The fourth-order valence-electron chi connectivity index (χ4n) is 4.19. The molecule has 6 nitrogen and oxygen atoms in total. The summed E-state index contributed by atoms with van der Waals surface area (Å²) in [7, 11) is 1.71. The van der Waals surface area contributed by atoms with Crippen molar-refractivity contribution in [3.05, 3.63) is 47.5 Å². The zero-order chi connectivity index (χ0) is 20.5. The molecule has 4 rings (SSSR count). The highest BCUT2D eigenvalue weighted by atomic mass is 19.4. The summed E-state index contributed by atoms with van der Waals surface area (Å²) in [5.41, 5.74) is -0.133. The van der Waals surface area contributed by atoms with E-state index in [2.05, 4.69) is 25.7 Å². The van der Waals surface area contributed by atoms with Crippen LogP contribution < -0.4 is 10.6 Å². The number of guanidine groups is 1. The topological polar surface area (TPSA) is 67.1 Å². The molecule has 1 atom stereocenters. The maximum Gasteiger partial charge on any atom is 0.416 e. The molecule has 2 heterocycles. The molecule has 1 aliphatic heterocycles. The number of aliphatic imine (C=N–C) groups is 1. The van der Waals surface area contributed by atoms with E-state index in [0.717, 1.165) is 56.1 Å². The number of hydrogen-bond donors (Lipinski definition) is 2. The van der Waals surface area contributed by atoms with Gasteiger partial charge in [-0.1, -0.05) is 24.6 Å². The summed E-state index contributed by atoms with van der Waals surface area (Å²) < 4.78 is 41.3. The molecule has 1 fully saturated rings. The number of benzene rings is 1. The van der Waals surface area contributed by atoms with Crippen molar-refractivity contribution in [3.8, 4) is 0 Å². The van der Waals surface area contributed by atoms with Gasteiger partial charge in [0.25, 0.3) is 0 Å². The van der Waals surface area contributed by atoms with Crippen LogP contribution in [0.4, 0.5) is 13.2 Å². The average molecular weight is 406 g/mol. The predicted octanol–water partition coefficient (Wildman–Crippen LogP) is 2.90. The molecule has 2 aromatic rings. The molecule has 2 N–H and O–H groups in total. The number of nitrogens with zero attached hydrogens (tertiary/aromatic N) is 4. The molecule has 1 aliphatic carbocycles. The number of fused-ring (bicyclic) bond motifs is 1. The standard InChI is InChI=1S/C20H25F3N6/c1-24-18(28-16-6-7-17-26-13-27-29(17)11-16)25-12-19(8-3-9-19)14-4-2-5-15(10-14)20(21,22)23/h2,4-5,10,13,16H,3,6-9,11-12H2,1H3,(H2,24,25,28). The smallest absolute Gasteiger partial charge is 0.356 e. The summed E-state index contributed by atoms with van der Waals surface area (Å²) in [4.78, 5) is 8.54. The summed E-state index contributed by atoms with van der Waals surface area (Å²) >= 11 is 0. The monoisotopic (exact) mass is 406 g/mol. The zero-order valence-corrected chi connectivity index (χ0v) is 16.3. The minimum absolute atomic E-state index is 0.182. The second-order valence-electron chi connectivity index (χ2n) is 7.88. The van der Waals surface area contributed by atoms with Gasteiger partial charge in [0.1, 0.15) is 12.2 Å². The minimum atomic E-state index is -4.33. The third kappa shape index (κ3) is 4.09. The van der Waals surface area contributed by atoms with Gasteiger partial charge in [0.15, 0.2) is 5.96 Å². The molecular weight excluding hydrogens is 381 g/mol. The maximum absolute atomic E-state index is 13.1. The van der Waals surface area contributed by atoms with Crippen molar-refractivity contribution in [3.63, 3.8) is 0 Å². The molecule has 29 heavy (non-hydrogen) atoms. The highest BCUT2D eigenvalue weighted by Crippen LogP contribution is 2.44. The Hall–Kier alpha value is -2.58. The molecule has 156 valence electrons. The van der Waals surface area contributed by atoms with Crippen LogP contribution in [0.15, 0.2) is 35.6 Å². The number of alkyl halides is 3. The molecule has 0 spiro atoms. The van der Waals surface area contributed by atoms with Gasteiger partial charge in [-0.2, -0.15) is 18.3 Å². The lowest BCUT2D eigenvalue weighted by Crippen LogP contribution is -2.52. The van der Waals surface area contributed by atoms with Gasteiger partial charge in [-0.05, 0) is 30.9 Å². The predicted molar refractivity (Wildman–Crippen MR) is 104 cm³/mol. The first-order valence-electron chi connectivity index (χ1n) is 9.91. The third-order valence-electron chi connectivity index (χ3n) is 6.08. The van der Waals surface area contributed by atoms with Crippen molar-refractivity contribution in [1.82, 2.24) is 25.4 Å². The minimum Gasteiger partial charge on any atom is -0.356 e. The van der Waals surface area contributed by atoms with Crippen LogP contribution in [0.3, 0.4) is 0 Å². The molecule has 0 radical (unpaired) electrons. The van der Waals surface area contributed by atoms with Gasteiger partial charge in [0, 0.05) is 31.5 Å². The van der Waals surface area contributed by atoms with Gasteiger partial charge < -0.3 is 10.6 Å². The second-order valence-corrected chi connectivity index (χ2v) is 7.88. The van der Waals surface area contributed by atoms with Crippen LogP contribution in [-0.2, 0) is 24.6 Å². The van der Waals surface area contributed by atoms with E-state index in [1.807, 2.05) is 4.68 Å². The quantitative estimate of drug-likeness (QED) is 0.605. The van der Waals surface area contributed by atoms with Gasteiger partial charge >= 0.3 is 6.18 Å². The van der Waals surface area contributed by atoms with E-state index in [1.165, 1.54) is 12.1 Å². The fraction of sp³-hybridized carbons (Fsp3) is 0.550. The largest absolute Gasteiger partial charge is 0.416 e. The molecule has 2 aliphatic rings. The first-order chi connectivity index (χ1) is 13.9. The maximum atomic E-state index is 13.1. The van der Waals surface area contributed by atoms with Crippen molar-refractivity contribution in [1.29, 1.82) is 0 Å². The molecule has 9 heteroatoms. The van der Waals surface area contributed by atoms with Crippen LogP contribution in [0.2, 0.25) is 0 Å². The fourth-order valence-corrected chi connectivity index (χ4v) is 4.19. The van der Waals surface area contributed by atoms with Gasteiger partial charge in [0.2, 0.25) is 0 Å². The molecule has 1 unspecified atom stereocenters. The second kappa shape index (κ2) is 7.68. The van der Waals surface area contributed by atoms with Gasteiger partial charge in [-0.15, -0.1) is 0 Å². The van der Waals surface area contributed by atoms with E-state index >= 15 is 0 Å². The lowest BCUT2D eigenvalue weighted by molar-refractivity contribution is -0.137. The van der Waals surface area contributed by atoms with Gasteiger partial charge in [0.05, 0.1) is 12.1 Å². The molecule has 0 bridgehead atoms. The Morgan fingerprint density at radius 3 is 2.86 bits per heavy atom. The third-order valence-corrected chi connectivity index (χ3v) is 6.08. The Labute approximate surface area is 167 Å². The van der Waals surface area contributed by atoms with Crippen molar-refractivity contribution in [2.45, 2.75) is 56.3 Å². The van der Waals surface area contributed by atoms with Crippen LogP contribution in [-0.4, -0.2) is 40.4 Å². The molecule has 0 saturated heterocycles. The van der Waals surface area contributed by atoms with E-state index in [-0.39, 0.29) is 11.5 Å². The summed E-state index contributed by atoms with van der Waals surface area (Å²) in [6.07, 6.45) is 1.77. The highest BCUT2D eigenvalue weighted by Gasteiger charge is 2.40. The Kier molecular flexibility index (Phi) is 5.23. The average Bonchev–Trinajstić information content (AvgIpc) is 3.13. The lowest BCUT2D eigenvalue weighted by Gasteiger charge is -2.43. The van der Waals surface area contributed by atoms with E-state index in [9.17, 15) is 13.2 Å². The van der Waals surface area contributed by atoms with E-state index in [1.54, 1.807) is 19.4 Å².